The van der Waals surface area contributed by atoms with Crippen LogP contribution in [0.3, 0.4) is 0 Å². The van der Waals surface area contributed by atoms with Crippen LogP contribution >= 0.6 is 0 Å². The summed E-state index contributed by atoms with van der Waals surface area (Å²) in [7, 11) is 3.28. The van der Waals surface area contributed by atoms with Crippen molar-refractivity contribution < 1.29 is 13.9 Å². The summed E-state index contributed by atoms with van der Waals surface area (Å²) in [5.74, 6) is 1.28. The van der Waals surface area contributed by atoms with Crippen LogP contribution in [0.1, 0.15) is 37.8 Å². The highest BCUT2D eigenvalue weighted by molar-refractivity contribution is 5.90. The number of hydrazine groups is 1. The molecule has 8 heteroatoms. The SMILES string of the molecule is COc1cccc(N(C)C(=O)NC(C[C@H]2CCC3=C2[C@@H](C)C2=CNN(c4ccc(F)cc4)C2=C3)c2ccccc2)n1. The van der Waals surface area contributed by atoms with E-state index >= 15 is 0 Å². The van der Waals surface area contributed by atoms with Crippen LogP contribution in [-0.2, 0) is 0 Å². The number of halogens is 1. The average Bonchev–Trinajstić information content (AvgIpc) is 3.62. The van der Waals surface area contributed by atoms with E-state index in [2.05, 4.69) is 47.1 Å². The van der Waals surface area contributed by atoms with E-state index in [1.165, 1.54) is 33.8 Å². The van der Waals surface area contributed by atoms with Gasteiger partial charge in [0.15, 0.2) is 0 Å². The molecule has 6 rings (SSSR count). The normalized spacial score (nSPS) is 20.0. The van der Waals surface area contributed by atoms with E-state index in [4.69, 9.17) is 4.74 Å². The van der Waals surface area contributed by atoms with Crippen LogP contribution in [0.2, 0.25) is 0 Å². The molecule has 210 valence electrons. The van der Waals surface area contributed by atoms with Crippen LogP contribution in [0.15, 0.2) is 107 Å². The number of allylic oxidation sites excluding steroid dienone is 4. The number of benzene rings is 2. The molecule has 1 unspecified atom stereocenters. The van der Waals surface area contributed by atoms with Crippen molar-refractivity contribution >= 4 is 17.5 Å². The highest BCUT2D eigenvalue weighted by Crippen LogP contribution is 2.49. The maximum absolute atomic E-state index is 13.5. The Bertz CT molecular complexity index is 1530. The maximum Gasteiger partial charge on any atom is 0.323 e. The van der Waals surface area contributed by atoms with Crippen LogP contribution in [0.4, 0.5) is 20.7 Å². The van der Waals surface area contributed by atoms with E-state index in [0.717, 1.165) is 36.2 Å². The number of ether oxygens (including phenoxy) is 1. The fourth-order valence-corrected chi connectivity index (χ4v) is 6.26. The molecule has 2 N–H and O–H groups in total. The molecule has 0 radical (unpaired) electrons. The lowest BCUT2D eigenvalue weighted by Gasteiger charge is -2.32. The van der Waals surface area contributed by atoms with Gasteiger partial charge in [0, 0.05) is 30.8 Å². The molecule has 3 aliphatic rings. The van der Waals surface area contributed by atoms with Crippen molar-refractivity contribution in [2.24, 2.45) is 11.8 Å². The number of nitrogens with zero attached hydrogens (tertiary/aromatic N) is 3. The van der Waals surface area contributed by atoms with Crippen LogP contribution in [-0.4, -0.2) is 25.2 Å². The molecule has 0 bridgehead atoms. The molecular formula is C33H34FN5O2. The first-order chi connectivity index (χ1) is 19.9. The number of rotatable bonds is 7. The van der Waals surface area contributed by atoms with Crippen molar-refractivity contribution in [2.45, 2.75) is 32.2 Å². The van der Waals surface area contributed by atoms with Crippen LogP contribution < -0.4 is 25.4 Å². The summed E-state index contributed by atoms with van der Waals surface area (Å²) < 4.78 is 18.8. The predicted octanol–water partition coefficient (Wildman–Crippen LogP) is 6.66. The van der Waals surface area contributed by atoms with Crippen LogP contribution in [0.5, 0.6) is 5.88 Å². The predicted molar refractivity (Wildman–Crippen MR) is 159 cm³/mol. The van der Waals surface area contributed by atoms with E-state index in [1.807, 2.05) is 29.3 Å². The summed E-state index contributed by atoms with van der Waals surface area (Å²) in [5.41, 5.74) is 10.5. The third-order valence-corrected chi connectivity index (χ3v) is 8.37. The number of pyridine rings is 1. The highest BCUT2D eigenvalue weighted by Gasteiger charge is 2.39. The number of anilines is 2. The Balaban J connectivity index is 1.25. The molecule has 1 aliphatic heterocycles. The number of fused-ring (bicyclic) bond motifs is 1. The van der Waals surface area contributed by atoms with E-state index < -0.39 is 0 Å². The smallest absolute Gasteiger partial charge is 0.323 e. The molecule has 2 aromatic carbocycles. The van der Waals surface area contributed by atoms with Gasteiger partial charge < -0.3 is 15.5 Å². The summed E-state index contributed by atoms with van der Waals surface area (Å²) in [5, 5.41) is 5.31. The van der Waals surface area contributed by atoms with Gasteiger partial charge in [0.2, 0.25) is 5.88 Å². The second-order valence-electron chi connectivity index (χ2n) is 10.8. The molecule has 1 aromatic heterocycles. The lowest BCUT2D eigenvalue weighted by atomic mass is 9.78. The molecule has 0 saturated heterocycles. The number of nitrogens with one attached hydrogen (secondary N) is 2. The van der Waals surface area contributed by atoms with Crippen molar-refractivity contribution in [2.75, 3.05) is 24.1 Å². The third-order valence-electron chi connectivity index (χ3n) is 8.37. The first kappa shape index (κ1) is 26.6. The van der Waals surface area contributed by atoms with Gasteiger partial charge in [-0.25, -0.2) is 9.18 Å². The Hall–Kier alpha value is -4.59. The zero-order valence-electron chi connectivity index (χ0n) is 23.5. The van der Waals surface area contributed by atoms with Gasteiger partial charge in [0.1, 0.15) is 11.6 Å². The standard InChI is InChI=1S/C33H34FN5O2/c1-21-27-20-35-39(26-16-14-25(34)15-17-26)29(27)19-24-13-12-23(32(21)24)18-28(22-8-5-4-6-9-22)36-33(40)38(2)30-10-7-11-31(37-30)41-3/h4-11,14-17,19-21,23,28,35H,12-13,18H2,1-3H3,(H,36,40)/t21-,23+,28?/m0/s1. The lowest BCUT2D eigenvalue weighted by Crippen LogP contribution is -2.40. The van der Waals surface area contributed by atoms with E-state index in [-0.39, 0.29) is 23.8 Å². The number of aromatic nitrogens is 1. The summed E-state index contributed by atoms with van der Waals surface area (Å²) in [6.07, 6.45) is 7.16. The minimum Gasteiger partial charge on any atom is -0.481 e. The van der Waals surface area contributed by atoms with E-state index in [0.29, 0.717) is 17.6 Å². The Morgan fingerprint density at radius 1 is 1.15 bits per heavy atom. The molecule has 0 fully saturated rings. The molecule has 3 atom stereocenters. The number of hydrogen-bond donors (Lipinski definition) is 2. The van der Waals surface area contributed by atoms with Gasteiger partial charge >= 0.3 is 6.03 Å². The quantitative estimate of drug-likeness (QED) is 0.344. The number of carbonyl (C=O) groups is 1. The summed E-state index contributed by atoms with van der Waals surface area (Å²) in [6.45, 7) is 2.26. The Morgan fingerprint density at radius 2 is 1.93 bits per heavy atom. The fourth-order valence-electron chi connectivity index (χ4n) is 6.26. The second-order valence-corrected chi connectivity index (χ2v) is 10.8. The summed E-state index contributed by atoms with van der Waals surface area (Å²) >= 11 is 0. The minimum atomic E-state index is -0.248. The van der Waals surface area contributed by atoms with Gasteiger partial charge in [-0.05, 0) is 72.7 Å². The molecule has 7 nitrogen and oxygen atoms in total. The zero-order valence-corrected chi connectivity index (χ0v) is 23.5. The van der Waals surface area contributed by atoms with Gasteiger partial charge in [-0.3, -0.25) is 9.91 Å². The molecular weight excluding hydrogens is 517 g/mol. The monoisotopic (exact) mass is 551 g/mol. The molecule has 2 aliphatic carbocycles. The van der Waals surface area contributed by atoms with E-state index in [1.54, 1.807) is 38.4 Å². The molecule has 41 heavy (non-hydrogen) atoms. The largest absolute Gasteiger partial charge is 0.481 e. The Labute approximate surface area is 240 Å². The van der Waals surface area contributed by atoms with Gasteiger partial charge in [-0.15, -0.1) is 0 Å². The third kappa shape index (κ3) is 5.17. The van der Waals surface area contributed by atoms with Crippen LogP contribution in [0.25, 0.3) is 0 Å². The van der Waals surface area contributed by atoms with Gasteiger partial charge in [0.05, 0.1) is 24.5 Å². The average molecular weight is 552 g/mol. The first-order valence-electron chi connectivity index (χ1n) is 14.0. The maximum atomic E-state index is 13.5. The van der Waals surface area contributed by atoms with Crippen molar-refractivity contribution in [3.05, 3.63) is 119 Å². The van der Waals surface area contributed by atoms with Crippen molar-refractivity contribution in [1.82, 2.24) is 15.7 Å². The first-order valence-corrected chi connectivity index (χ1v) is 14.0. The van der Waals surface area contributed by atoms with Gasteiger partial charge in [0.25, 0.3) is 0 Å². The number of methoxy groups -OCH3 is 1. The highest BCUT2D eigenvalue weighted by atomic mass is 19.1. The number of hydrogen-bond acceptors (Lipinski definition) is 5. The molecule has 3 aromatic rings. The minimum absolute atomic E-state index is 0.169. The fraction of sp³-hybridized carbons (Fsp3) is 0.273. The molecule has 2 heterocycles. The number of urea groups is 1. The van der Waals surface area contributed by atoms with Crippen molar-refractivity contribution in [3.8, 4) is 5.88 Å². The second kappa shape index (κ2) is 11.1. The van der Waals surface area contributed by atoms with E-state index in [9.17, 15) is 9.18 Å². The molecule has 0 saturated carbocycles. The lowest BCUT2D eigenvalue weighted by molar-refractivity contribution is 0.241. The van der Waals surface area contributed by atoms with Crippen molar-refractivity contribution in [3.63, 3.8) is 0 Å². The Morgan fingerprint density at radius 3 is 2.68 bits per heavy atom. The number of carbonyl (C=O) groups excluding carboxylic acids is 1. The molecule has 2 amide bonds. The summed E-state index contributed by atoms with van der Waals surface area (Å²) in [6, 6.07) is 21.7. The number of amides is 2. The van der Waals surface area contributed by atoms with Crippen molar-refractivity contribution in [1.29, 1.82) is 0 Å². The molecule has 0 spiro atoms. The topological polar surface area (TPSA) is 69.7 Å². The Kier molecular flexibility index (Phi) is 7.22. The van der Waals surface area contributed by atoms with Gasteiger partial charge in [-0.2, -0.15) is 4.98 Å². The van der Waals surface area contributed by atoms with Gasteiger partial charge in [-0.1, -0.05) is 48.9 Å². The van der Waals surface area contributed by atoms with Crippen LogP contribution in [0, 0.1) is 17.7 Å². The zero-order chi connectivity index (χ0) is 28.5. The summed E-state index contributed by atoms with van der Waals surface area (Å²) in [4.78, 5) is 19.4.